The van der Waals surface area contributed by atoms with Crippen molar-refractivity contribution in [2.45, 2.75) is 19.4 Å². The number of halogens is 1. The fourth-order valence-electron chi connectivity index (χ4n) is 3.78. The van der Waals surface area contributed by atoms with Gasteiger partial charge in [-0.1, -0.05) is 18.2 Å². The first-order chi connectivity index (χ1) is 14.3. The Bertz CT molecular complexity index is 932. The van der Waals surface area contributed by atoms with Gasteiger partial charge in [0, 0.05) is 19.5 Å². The van der Waals surface area contributed by atoms with Crippen LogP contribution in [0.5, 0.6) is 5.75 Å². The molecule has 2 unspecified atom stereocenters. The highest BCUT2D eigenvalue weighted by Gasteiger charge is 2.36. The summed E-state index contributed by atoms with van der Waals surface area (Å²) >= 11 is 0. The van der Waals surface area contributed by atoms with Crippen molar-refractivity contribution in [3.8, 4) is 5.75 Å². The number of hydrogen-bond acceptors (Lipinski definition) is 4. The zero-order chi connectivity index (χ0) is 21.8. The van der Waals surface area contributed by atoms with E-state index in [0.29, 0.717) is 24.5 Å². The van der Waals surface area contributed by atoms with E-state index in [2.05, 4.69) is 5.32 Å². The minimum absolute atomic E-state index is 0.103. The summed E-state index contributed by atoms with van der Waals surface area (Å²) in [5.41, 5.74) is 2.48. The molecule has 1 N–H and O–H groups in total. The number of carbonyl (C=O) groups excluding carboxylic acids is 2. The molecule has 2 atom stereocenters. The highest BCUT2D eigenvalue weighted by molar-refractivity contribution is 6.01. The summed E-state index contributed by atoms with van der Waals surface area (Å²) in [6.07, 6.45) is 0.148. The average molecular weight is 413 g/mol. The number of ether oxygens (including phenoxy) is 1. The number of nitrogens with zero attached hydrogens (tertiary/aromatic N) is 2. The zero-order valence-electron chi connectivity index (χ0n) is 17.8. The average Bonchev–Trinajstić information content (AvgIpc) is 3.09. The maximum atomic E-state index is 13.6. The van der Waals surface area contributed by atoms with Crippen LogP contribution in [0, 0.1) is 18.7 Å². The van der Waals surface area contributed by atoms with Crippen LogP contribution < -0.4 is 15.0 Å². The molecule has 1 aliphatic rings. The van der Waals surface area contributed by atoms with Gasteiger partial charge in [0.2, 0.25) is 11.8 Å². The van der Waals surface area contributed by atoms with E-state index in [1.165, 1.54) is 12.1 Å². The fraction of sp³-hybridized carbons (Fsp3) is 0.391. The summed E-state index contributed by atoms with van der Waals surface area (Å²) in [5, 5.41) is 2.94. The Labute approximate surface area is 176 Å². The van der Waals surface area contributed by atoms with E-state index in [0.717, 1.165) is 11.1 Å². The number of benzene rings is 2. The van der Waals surface area contributed by atoms with Gasteiger partial charge in [-0.2, -0.15) is 0 Å². The van der Waals surface area contributed by atoms with E-state index >= 15 is 0 Å². The Morgan fingerprint density at radius 1 is 1.30 bits per heavy atom. The summed E-state index contributed by atoms with van der Waals surface area (Å²) < 4.78 is 19.0. The van der Waals surface area contributed by atoms with Crippen molar-refractivity contribution in [1.29, 1.82) is 0 Å². The largest absolute Gasteiger partial charge is 0.495 e. The van der Waals surface area contributed by atoms with Crippen molar-refractivity contribution >= 4 is 17.5 Å². The topological polar surface area (TPSA) is 61.9 Å². The number of aryl methyl sites for hydroxylation is 1. The molecule has 2 aromatic carbocycles. The molecule has 3 rings (SSSR count). The van der Waals surface area contributed by atoms with Gasteiger partial charge in [0.25, 0.3) is 0 Å². The van der Waals surface area contributed by atoms with Crippen LogP contribution in [0.15, 0.2) is 42.5 Å². The lowest BCUT2D eigenvalue weighted by Crippen LogP contribution is -2.38. The molecule has 1 saturated heterocycles. The smallest absolute Gasteiger partial charge is 0.227 e. The quantitative estimate of drug-likeness (QED) is 0.758. The summed E-state index contributed by atoms with van der Waals surface area (Å²) in [6.45, 7) is 2.58. The third-order valence-electron chi connectivity index (χ3n) is 5.45. The van der Waals surface area contributed by atoms with Crippen LogP contribution in [0.25, 0.3) is 0 Å². The SMILES string of the molecule is COc1ccc(C)cc1N1CC(C(=O)NCC(c2cccc(F)c2)N(C)C)CC1=O. The molecular formula is C23H28FN3O3. The molecule has 0 aliphatic carbocycles. The van der Waals surface area contributed by atoms with Crippen LogP contribution in [0.2, 0.25) is 0 Å². The first-order valence-electron chi connectivity index (χ1n) is 9.94. The van der Waals surface area contributed by atoms with E-state index in [1.54, 1.807) is 18.1 Å². The summed E-state index contributed by atoms with van der Waals surface area (Å²) in [6, 6.07) is 11.8. The summed E-state index contributed by atoms with van der Waals surface area (Å²) in [5.74, 6) is -0.435. The van der Waals surface area contributed by atoms with Crippen LogP contribution in [-0.2, 0) is 9.59 Å². The van der Waals surface area contributed by atoms with Gasteiger partial charge >= 0.3 is 0 Å². The molecule has 0 spiro atoms. The molecule has 1 aliphatic heterocycles. The third kappa shape index (κ3) is 4.79. The van der Waals surface area contributed by atoms with Crippen LogP contribution in [-0.4, -0.2) is 51.0 Å². The Hall–Kier alpha value is -2.93. The van der Waals surface area contributed by atoms with Gasteiger partial charge in [-0.25, -0.2) is 4.39 Å². The highest BCUT2D eigenvalue weighted by atomic mass is 19.1. The van der Waals surface area contributed by atoms with Crippen LogP contribution >= 0.6 is 0 Å². The second kappa shape index (κ2) is 9.26. The Balaban J connectivity index is 1.68. The molecule has 1 fully saturated rings. The normalized spacial score (nSPS) is 17.3. The molecule has 0 radical (unpaired) electrons. The second-order valence-electron chi connectivity index (χ2n) is 7.86. The molecule has 160 valence electrons. The van der Waals surface area contributed by atoms with Gasteiger partial charge in [-0.3, -0.25) is 9.59 Å². The Morgan fingerprint density at radius 2 is 2.07 bits per heavy atom. The van der Waals surface area contributed by atoms with Crippen LogP contribution in [0.3, 0.4) is 0 Å². The minimum atomic E-state index is -0.446. The zero-order valence-corrected chi connectivity index (χ0v) is 17.8. The van der Waals surface area contributed by atoms with Gasteiger partial charge in [0.1, 0.15) is 11.6 Å². The van der Waals surface area contributed by atoms with Crippen molar-refractivity contribution in [2.75, 3.05) is 39.2 Å². The minimum Gasteiger partial charge on any atom is -0.495 e. The van der Waals surface area contributed by atoms with Crippen molar-refractivity contribution < 1.29 is 18.7 Å². The molecular weight excluding hydrogens is 385 g/mol. The van der Waals surface area contributed by atoms with Gasteiger partial charge in [0.05, 0.1) is 24.8 Å². The highest BCUT2D eigenvalue weighted by Crippen LogP contribution is 2.34. The molecule has 7 heteroatoms. The van der Waals surface area contributed by atoms with Gasteiger partial charge in [0.15, 0.2) is 0 Å². The maximum absolute atomic E-state index is 13.6. The first-order valence-corrected chi connectivity index (χ1v) is 9.94. The Kier molecular flexibility index (Phi) is 6.72. The van der Waals surface area contributed by atoms with Crippen LogP contribution in [0.4, 0.5) is 10.1 Å². The number of nitrogens with one attached hydrogen (secondary N) is 1. The molecule has 2 aromatic rings. The fourth-order valence-corrected chi connectivity index (χ4v) is 3.78. The van der Waals surface area contributed by atoms with E-state index < -0.39 is 5.92 Å². The molecule has 1 heterocycles. The predicted octanol–water partition coefficient (Wildman–Crippen LogP) is 2.91. The third-order valence-corrected chi connectivity index (χ3v) is 5.45. The molecule has 6 nitrogen and oxygen atoms in total. The van der Waals surface area contributed by atoms with E-state index in [-0.39, 0.29) is 30.1 Å². The van der Waals surface area contributed by atoms with E-state index in [9.17, 15) is 14.0 Å². The van der Waals surface area contributed by atoms with Crippen molar-refractivity contribution in [2.24, 2.45) is 5.92 Å². The number of methoxy groups -OCH3 is 1. The van der Waals surface area contributed by atoms with Crippen LogP contribution in [0.1, 0.15) is 23.6 Å². The van der Waals surface area contributed by atoms with Gasteiger partial charge < -0.3 is 19.9 Å². The Morgan fingerprint density at radius 3 is 2.73 bits per heavy atom. The lowest BCUT2D eigenvalue weighted by Gasteiger charge is -2.26. The van der Waals surface area contributed by atoms with E-state index in [1.807, 2.05) is 50.2 Å². The summed E-state index contributed by atoms with van der Waals surface area (Å²) in [4.78, 5) is 29.0. The first kappa shape index (κ1) is 21.8. The number of amides is 2. The number of likely N-dealkylation sites (N-methyl/N-ethyl adjacent to an activating group) is 1. The molecule has 0 bridgehead atoms. The number of anilines is 1. The van der Waals surface area contributed by atoms with Crippen molar-refractivity contribution in [3.05, 3.63) is 59.4 Å². The molecule has 0 saturated carbocycles. The molecule has 2 amide bonds. The second-order valence-corrected chi connectivity index (χ2v) is 7.86. The van der Waals surface area contributed by atoms with Gasteiger partial charge in [-0.05, 0) is 56.4 Å². The number of rotatable bonds is 7. The van der Waals surface area contributed by atoms with Gasteiger partial charge in [-0.15, -0.1) is 0 Å². The van der Waals surface area contributed by atoms with E-state index in [4.69, 9.17) is 4.74 Å². The summed E-state index contributed by atoms with van der Waals surface area (Å²) in [7, 11) is 5.33. The predicted molar refractivity (Wildman–Crippen MR) is 114 cm³/mol. The monoisotopic (exact) mass is 413 g/mol. The lowest BCUT2D eigenvalue weighted by molar-refractivity contribution is -0.126. The molecule has 0 aromatic heterocycles. The number of carbonyl (C=O) groups is 2. The molecule has 30 heavy (non-hydrogen) atoms. The number of hydrogen-bond donors (Lipinski definition) is 1. The standard InChI is InChI=1S/C23H28FN3O3/c1-15-8-9-21(30-4)19(10-15)27-14-17(12-22(27)28)23(29)25-13-20(26(2)3)16-6-5-7-18(24)11-16/h5-11,17,20H,12-14H2,1-4H3,(H,25,29). The van der Waals surface area contributed by atoms with Crippen molar-refractivity contribution in [1.82, 2.24) is 10.2 Å². The van der Waals surface area contributed by atoms with Crippen molar-refractivity contribution in [3.63, 3.8) is 0 Å². The lowest BCUT2D eigenvalue weighted by atomic mass is 10.0. The maximum Gasteiger partial charge on any atom is 0.227 e.